The first-order valence-corrected chi connectivity index (χ1v) is 9.62. The Hall–Kier alpha value is -1.64. The minimum absolute atomic E-state index is 0. The van der Waals surface area contributed by atoms with Crippen molar-refractivity contribution >= 4 is 56.6 Å². The molecule has 0 aliphatic carbocycles. The fourth-order valence-electron chi connectivity index (χ4n) is 2.90. The molecule has 144 valence electrons. The van der Waals surface area contributed by atoms with Crippen LogP contribution in [0.5, 0.6) is 0 Å². The summed E-state index contributed by atoms with van der Waals surface area (Å²) in [4.78, 5) is 21.5. The molecule has 3 heterocycles. The second-order valence-electron chi connectivity index (χ2n) is 5.97. The van der Waals surface area contributed by atoms with Gasteiger partial charge in [-0.15, -0.1) is 12.4 Å². The molecule has 1 aliphatic heterocycles. The van der Waals surface area contributed by atoms with Gasteiger partial charge in [0, 0.05) is 26.2 Å². The van der Waals surface area contributed by atoms with Gasteiger partial charge in [0.25, 0.3) is 5.91 Å². The quantitative estimate of drug-likeness (QED) is 0.616. The number of nitrogens with zero attached hydrogens (tertiary/aromatic N) is 3. The van der Waals surface area contributed by atoms with Gasteiger partial charge in [0.05, 0.1) is 29.2 Å². The third-order valence-corrected chi connectivity index (χ3v) is 5.66. The van der Waals surface area contributed by atoms with Crippen molar-refractivity contribution in [2.24, 2.45) is 0 Å². The normalized spacial score (nSPS) is 14.9. The molecule has 2 aromatic heterocycles. The highest BCUT2D eigenvalue weighted by Crippen LogP contribution is 2.33. The molecule has 0 N–H and O–H groups in total. The van der Waals surface area contributed by atoms with Crippen LogP contribution in [-0.4, -0.2) is 55.2 Å². The molecule has 3 aromatic rings. The first-order chi connectivity index (χ1) is 12.7. The highest BCUT2D eigenvalue weighted by atomic mass is 35.5. The molecule has 0 unspecified atom stereocenters. The molecule has 0 atom stereocenters. The van der Waals surface area contributed by atoms with Gasteiger partial charge in [-0.1, -0.05) is 29.0 Å². The lowest BCUT2D eigenvalue weighted by molar-refractivity contribution is 0.0390. The summed E-state index contributed by atoms with van der Waals surface area (Å²) in [5.74, 6) is 0.107. The molecule has 1 fully saturated rings. The SMILES string of the molecule is Cl.O=C(c1ccco1)N(CCN1CCOCC1)c1nc2c(Cl)cccc2s1. The van der Waals surface area contributed by atoms with Gasteiger partial charge in [-0.2, -0.15) is 0 Å². The Bertz CT molecular complexity index is 895. The molecule has 4 rings (SSSR count). The van der Waals surface area contributed by atoms with E-state index in [4.69, 9.17) is 20.8 Å². The van der Waals surface area contributed by atoms with E-state index in [2.05, 4.69) is 9.88 Å². The van der Waals surface area contributed by atoms with Crippen LogP contribution in [-0.2, 0) is 4.74 Å². The van der Waals surface area contributed by atoms with Gasteiger partial charge in [-0.05, 0) is 24.3 Å². The summed E-state index contributed by atoms with van der Waals surface area (Å²) < 4.78 is 11.7. The summed E-state index contributed by atoms with van der Waals surface area (Å²) in [7, 11) is 0. The van der Waals surface area contributed by atoms with Crippen molar-refractivity contribution < 1.29 is 13.9 Å². The molecule has 0 bridgehead atoms. The minimum Gasteiger partial charge on any atom is -0.459 e. The van der Waals surface area contributed by atoms with Crippen LogP contribution in [0.4, 0.5) is 5.13 Å². The minimum atomic E-state index is -0.196. The molecule has 6 nitrogen and oxygen atoms in total. The van der Waals surface area contributed by atoms with E-state index >= 15 is 0 Å². The lowest BCUT2D eigenvalue weighted by Gasteiger charge is -2.28. The van der Waals surface area contributed by atoms with Gasteiger partial charge in [0.2, 0.25) is 0 Å². The lowest BCUT2D eigenvalue weighted by atomic mass is 10.3. The zero-order valence-electron chi connectivity index (χ0n) is 14.5. The molecule has 1 saturated heterocycles. The van der Waals surface area contributed by atoms with Crippen LogP contribution in [0.25, 0.3) is 10.2 Å². The Morgan fingerprint density at radius 2 is 2.07 bits per heavy atom. The van der Waals surface area contributed by atoms with Crippen molar-refractivity contribution in [1.82, 2.24) is 9.88 Å². The lowest BCUT2D eigenvalue weighted by Crippen LogP contribution is -2.43. The Morgan fingerprint density at radius 3 is 2.78 bits per heavy atom. The number of anilines is 1. The second kappa shape index (κ2) is 9.03. The van der Waals surface area contributed by atoms with Crippen molar-refractivity contribution in [1.29, 1.82) is 0 Å². The largest absolute Gasteiger partial charge is 0.459 e. The maximum atomic E-state index is 13.0. The van der Waals surface area contributed by atoms with E-state index in [-0.39, 0.29) is 18.3 Å². The van der Waals surface area contributed by atoms with Gasteiger partial charge in [-0.3, -0.25) is 14.6 Å². The molecule has 1 aromatic carbocycles. The number of carbonyl (C=O) groups is 1. The number of halogens is 2. The number of para-hydroxylation sites is 1. The predicted molar refractivity (Wildman–Crippen MR) is 110 cm³/mol. The number of hydrogen-bond donors (Lipinski definition) is 0. The number of thiazole rings is 1. The zero-order chi connectivity index (χ0) is 17.9. The van der Waals surface area contributed by atoms with Crippen LogP contribution in [0.2, 0.25) is 5.02 Å². The van der Waals surface area contributed by atoms with E-state index < -0.39 is 0 Å². The van der Waals surface area contributed by atoms with Crippen LogP contribution >= 0.6 is 35.3 Å². The monoisotopic (exact) mass is 427 g/mol. The number of hydrogen-bond acceptors (Lipinski definition) is 6. The topological polar surface area (TPSA) is 58.8 Å². The Balaban J connectivity index is 0.00000210. The van der Waals surface area contributed by atoms with Crippen LogP contribution < -0.4 is 4.90 Å². The summed E-state index contributed by atoms with van der Waals surface area (Å²) in [6, 6.07) is 9.03. The summed E-state index contributed by atoms with van der Waals surface area (Å²) in [5, 5.41) is 1.21. The summed E-state index contributed by atoms with van der Waals surface area (Å²) >= 11 is 7.71. The number of benzene rings is 1. The average molecular weight is 428 g/mol. The van der Waals surface area contributed by atoms with E-state index in [1.165, 1.54) is 17.6 Å². The van der Waals surface area contributed by atoms with E-state index in [0.29, 0.717) is 22.5 Å². The van der Waals surface area contributed by atoms with E-state index in [1.807, 2.05) is 12.1 Å². The first kappa shape index (κ1) is 20.1. The highest BCUT2D eigenvalue weighted by molar-refractivity contribution is 7.22. The Labute approximate surface area is 172 Å². The van der Waals surface area contributed by atoms with Crippen LogP contribution in [0.3, 0.4) is 0 Å². The number of carbonyl (C=O) groups excluding carboxylic acids is 1. The van der Waals surface area contributed by atoms with Gasteiger partial charge in [0.15, 0.2) is 10.9 Å². The molecular weight excluding hydrogens is 409 g/mol. The van der Waals surface area contributed by atoms with Gasteiger partial charge >= 0.3 is 0 Å². The Kier molecular flexibility index (Phi) is 6.73. The third kappa shape index (κ3) is 4.44. The fraction of sp³-hybridized carbons (Fsp3) is 0.333. The highest BCUT2D eigenvalue weighted by Gasteiger charge is 2.24. The average Bonchev–Trinajstić information content (AvgIpc) is 3.33. The standard InChI is InChI=1S/C18H18ClN3O3S.ClH/c19-13-3-1-5-15-16(13)20-18(26-15)22(17(23)14-4-2-10-25-14)7-6-21-8-11-24-12-9-21;/h1-5,10H,6-9,11-12H2;1H. The molecular formula is C18H19Cl2N3O3S. The second-order valence-corrected chi connectivity index (χ2v) is 7.39. The van der Waals surface area contributed by atoms with Crippen LogP contribution in [0.15, 0.2) is 41.0 Å². The number of ether oxygens (including phenoxy) is 1. The third-order valence-electron chi connectivity index (χ3n) is 4.31. The number of morpholine rings is 1. The number of amides is 1. The molecule has 0 radical (unpaired) electrons. The van der Waals surface area contributed by atoms with E-state index in [9.17, 15) is 4.79 Å². The molecule has 27 heavy (non-hydrogen) atoms. The van der Waals surface area contributed by atoms with Crippen molar-refractivity contribution in [3.63, 3.8) is 0 Å². The van der Waals surface area contributed by atoms with Gasteiger partial charge in [-0.25, -0.2) is 4.98 Å². The molecule has 1 aliphatic rings. The molecule has 0 saturated carbocycles. The number of furan rings is 1. The van der Waals surface area contributed by atoms with E-state index in [1.54, 1.807) is 23.1 Å². The zero-order valence-corrected chi connectivity index (χ0v) is 16.9. The van der Waals surface area contributed by atoms with Crippen LogP contribution in [0, 0.1) is 0 Å². The Morgan fingerprint density at radius 1 is 1.26 bits per heavy atom. The van der Waals surface area contributed by atoms with E-state index in [0.717, 1.165) is 43.1 Å². The maximum absolute atomic E-state index is 13.0. The molecule has 9 heteroatoms. The van der Waals surface area contributed by atoms with Gasteiger partial charge < -0.3 is 9.15 Å². The van der Waals surface area contributed by atoms with Crippen molar-refractivity contribution in [2.75, 3.05) is 44.3 Å². The predicted octanol–water partition coefficient (Wildman–Crippen LogP) is 3.94. The molecule has 1 amide bonds. The first-order valence-electron chi connectivity index (χ1n) is 8.43. The van der Waals surface area contributed by atoms with Gasteiger partial charge in [0.1, 0.15) is 5.52 Å². The number of rotatable bonds is 5. The van der Waals surface area contributed by atoms with Crippen molar-refractivity contribution in [3.05, 3.63) is 47.4 Å². The summed E-state index contributed by atoms with van der Waals surface area (Å²) in [6.45, 7) is 4.46. The number of aromatic nitrogens is 1. The number of fused-ring (bicyclic) bond motifs is 1. The fourth-order valence-corrected chi connectivity index (χ4v) is 4.19. The van der Waals surface area contributed by atoms with Crippen LogP contribution in [0.1, 0.15) is 10.6 Å². The van der Waals surface area contributed by atoms with Crippen molar-refractivity contribution in [3.8, 4) is 0 Å². The smallest absolute Gasteiger partial charge is 0.295 e. The molecule has 0 spiro atoms. The summed E-state index contributed by atoms with van der Waals surface area (Å²) in [6.07, 6.45) is 1.50. The summed E-state index contributed by atoms with van der Waals surface area (Å²) in [5.41, 5.74) is 0.720. The maximum Gasteiger partial charge on any atom is 0.295 e. The van der Waals surface area contributed by atoms with Crippen molar-refractivity contribution in [2.45, 2.75) is 0 Å².